The third-order valence-electron chi connectivity index (χ3n) is 4.40. The van der Waals surface area contributed by atoms with Gasteiger partial charge in [0.15, 0.2) is 0 Å². The Balaban J connectivity index is 1.55. The average molecular weight is 425 g/mol. The minimum Gasteiger partial charge on any atom is -0.377 e. The van der Waals surface area contributed by atoms with E-state index in [4.69, 9.17) is 4.74 Å². The van der Waals surface area contributed by atoms with Crippen molar-refractivity contribution in [1.29, 1.82) is 0 Å². The highest BCUT2D eigenvalue weighted by Crippen LogP contribution is 2.16. The maximum Gasteiger partial charge on any atom is 0.286 e. The molecule has 1 aromatic heterocycles. The molecule has 0 aliphatic carbocycles. The zero-order valence-corrected chi connectivity index (χ0v) is 17.7. The number of ether oxygens (including phenoxy) is 1. The van der Waals surface area contributed by atoms with Crippen molar-refractivity contribution >= 4 is 28.8 Å². The molecule has 8 heteroatoms. The maximum atomic E-state index is 12.6. The summed E-state index contributed by atoms with van der Waals surface area (Å²) in [6, 6.07) is 17.0. The van der Waals surface area contributed by atoms with Gasteiger partial charge in [0.25, 0.3) is 11.8 Å². The largest absolute Gasteiger partial charge is 0.377 e. The van der Waals surface area contributed by atoms with E-state index < -0.39 is 0 Å². The number of carbonyl (C=O) groups is 2. The molecule has 156 valence electrons. The Labute approximate surface area is 179 Å². The highest BCUT2D eigenvalue weighted by Gasteiger charge is 2.15. The molecule has 1 unspecified atom stereocenters. The Hall–Kier alpha value is -3.10. The Kier molecular flexibility index (Phi) is 7.64. The molecule has 2 amide bonds. The summed E-state index contributed by atoms with van der Waals surface area (Å²) in [5.74, 6) is -0.548. The van der Waals surface area contributed by atoms with Crippen LogP contribution in [0.4, 0.5) is 5.69 Å². The zero-order chi connectivity index (χ0) is 21.3. The van der Waals surface area contributed by atoms with E-state index in [2.05, 4.69) is 33.0 Å². The molecular weight excluding hydrogens is 400 g/mol. The minimum absolute atomic E-state index is 0.0246. The Bertz CT molecular complexity index is 991. The SMILES string of the molecule is COCc1nnc(C(=O)Nc2cccc(C(=O)NC(C)CCc3ccccc3)c2)s1. The van der Waals surface area contributed by atoms with E-state index in [0.29, 0.717) is 22.9 Å². The lowest BCUT2D eigenvalue weighted by Crippen LogP contribution is -2.32. The zero-order valence-electron chi connectivity index (χ0n) is 16.9. The number of rotatable bonds is 9. The van der Waals surface area contributed by atoms with E-state index in [9.17, 15) is 9.59 Å². The smallest absolute Gasteiger partial charge is 0.286 e. The number of aryl methyl sites for hydroxylation is 1. The van der Waals surface area contributed by atoms with Crippen LogP contribution >= 0.6 is 11.3 Å². The van der Waals surface area contributed by atoms with Gasteiger partial charge in [-0.15, -0.1) is 10.2 Å². The molecule has 2 aromatic carbocycles. The summed E-state index contributed by atoms with van der Waals surface area (Å²) in [5, 5.41) is 14.4. The summed E-state index contributed by atoms with van der Waals surface area (Å²) in [6.07, 6.45) is 1.73. The van der Waals surface area contributed by atoms with Gasteiger partial charge in [0.1, 0.15) is 5.01 Å². The second kappa shape index (κ2) is 10.6. The second-order valence-corrected chi connectivity index (χ2v) is 7.93. The molecule has 1 heterocycles. The molecule has 0 fully saturated rings. The van der Waals surface area contributed by atoms with Crippen LogP contribution in [0.3, 0.4) is 0 Å². The summed E-state index contributed by atoms with van der Waals surface area (Å²) in [6.45, 7) is 2.29. The first-order chi connectivity index (χ1) is 14.5. The van der Waals surface area contributed by atoms with Crippen LogP contribution in [-0.4, -0.2) is 35.2 Å². The average Bonchev–Trinajstić information content (AvgIpc) is 3.22. The summed E-state index contributed by atoms with van der Waals surface area (Å²) >= 11 is 1.17. The van der Waals surface area contributed by atoms with Crippen LogP contribution in [0.5, 0.6) is 0 Å². The number of benzene rings is 2. The van der Waals surface area contributed by atoms with Crippen LogP contribution in [0.25, 0.3) is 0 Å². The summed E-state index contributed by atoms with van der Waals surface area (Å²) in [5.41, 5.74) is 2.25. The van der Waals surface area contributed by atoms with Crippen molar-refractivity contribution in [2.45, 2.75) is 32.4 Å². The van der Waals surface area contributed by atoms with Crippen LogP contribution < -0.4 is 10.6 Å². The van der Waals surface area contributed by atoms with Crippen LogP contribution in [0.1, 0.15) is 44.1 Å². The quantitative estimate of drug-likeness (QED) is 0.546. The number of nitrogens with zero attached hydrogens (tertiary/aromatic N) is 2. The van der Waals surface area contributed by atoms with E-state index in [1.165, 1.54) is 16.9 Å². The highest BCUT2D eigenvalue weighted by atomic mass is 32.1. The summed E-state index contributed by atoms with van der Waals surface area (Å²) in [4.78, 5) is 25.0. The fraction of sp³-hybridized carbons (Fsp3) is 0.273. The van der Waals surface area contributed by atoms with Gasteiger partial charge >= 0.3 is 0 Å². The van der Waals surface area contributed by atoms with Gasteiger partial charge in [0.05, 0.1) is 6.61 Å². The van der Waals surface area contributed by atoms with Crippen LogP contribution in [0, 0.1) is 0 Å². The molecule has 3 rings (SSSR count). The van der Waals surface area contributed by atoms with E-state index in [1.807, 2.05) is 25.1 Å². The van der Waals surface area contributed by atoms with Gasteiger partial charge in [-0.1, -0.05) is 47.7 Å². The van der Waals surface area contributed by atoms with Gasteiger partial charge in [-0.3, -0.25) is 9.59 Å². The molecule has 0 spiro atoms. The van der Waals surface area contributed by atoms with Crippen LogP contribution in [0.2, 0.25) is 0 Å². The Morgan fingerprint density at radius 1 is 1.07 bits per heavy atom. The van der Waals surface area contributed by atoms with Gasteiger partial charge in [-0.25, -0.2) is 0 Å². The van der Waals surface area contributed by atoms with Gasteiger partial charge < -0.3 is 15.4 Å². The molecule has 0 radical (unpaired) electrons. The number of hydrogen-bond donors (Lipinski definition) is 2. The van der Waals surface area contributed by atoms with Crippen molar-refractivity contribution in [3.05, 3.63) is 75.7 Å². The van der Waals surface area contributed by atoms with Crippen molar-refractivity contribution in [2.75, 3.05) is 12.4 Å². The highest BCUT2D eigenvalue weighted by molar-refractivity contribution is 7.13. The first-order valence-electron chi connectivity index (χ1n) is 9.62. The monoisotopic (exact) mass is 424 g/mol. The maximum absolute atomic E-state index is 12.6. The minimum atomic E-state index is -0.372. The number of aromatic nitrogens is 2. The molecule has 0 aliphatic heterocycles. The van der Waals surface area contributed by atoms with E-state index >= 15 is 0 Å². The topological polar surface area (TPSA) is 93.2 Å². The van der Waals surface area contributed by atoms with Gasteiger partial charge in [-0.05, 0) is 43.5 Å². The lowest BCUT2D eigenvalue weighted by Gasteiger charge is -2.14. The number of nitrogens with one attached hydrogen (secondary N) is 2. The first kappa shape index (κ1) is 21.6. The molecule has 2 N–H and O–H groups in total. The Morgan fingerprint density at radius 2 is 1.87 bits per heavy atom. The van der Waals surface area contributed by atoms with Gasteiger partial charge in [0, 0.05) is 24.4 Å². The summed E-state index contributed by atoms with van der Waals surface area (Å²) < 4.78 is 4.99. The molecular formula is C22H24N4O3S. The lowest BCUT2D eigenvalue weighted by molar-refractivity contribution is 0.0937. The molecule has 3 aromatic rings. The number of amides is 2. The van der Waals surface area contributed by atoms with E-state index in [0.717, 1.165) is 12.8 Å². The summed E-state index contributed by atoms with van der Waals surface area (Å²) in [7, 11) is 1.56. The van der Waals surface area contributed by atoms with Crippen molar-refractivity contribution in [3.63, 3.8) is 0 Å². The van der Waals surface area contributed by atoms with Crippen molar-refractivity contribution in [1.82, 2.24) is 15.5 Å². The third-order valence-corrected chi connectivity index (χ3v) is 5.29. The molecule has 0 saturated carbocycles. The first-order valence-corrected chi connectivity index (χ1v) is 10.4. The molecule has 1 atom stereocenters. The Morgan fingerprint density at radius 3 is 2.63 bits per heavy atom. The van der Waals surface area contributed by atoms with Crippen LogP contribution in [-0.2, 0) is 17.8 Å². The van der Waals surface area contributed by atoms with Crippen molar-refractivity contribution < 1.29 is 14.3 Å². The molecule has 30 heavy (non-hydrogen) atoms. The van der Waals surface area contributed by atoms with E-state index in [-0.39, 0.29) is 22.9 Å². The molecule has 0 saturated heterocycles. The third kappa shape index (κ3) is 6.20. The predicted molar refractivity (Wildman–Crippen MR) is 117 cm³/mol. The molecule has 0 bridgehead atoms. The predicted octanol–water partition coefficient (Wildman–Crippen LogP) is 3.69. The molecule has 0 aliphatic rings. The van der Waals surface area contributed by atoms with Crippen molar-refractivity contribution in [2.24, 2.45) is 0 Å². The lowest BCUT2D eigenvalue weighted by atomic mass is 10.1. The normalized spacial score (nSPS) is 11.7. The fourth-order valence-electron chi connectivity index (χ4n) is 2.86. The number of carbonyl (C=O) groups excluding carboxylic acids is 2. The molecule has 7 nitrogen and oxygen atoms in total. The number of methoxy groups -OCH3 is 1. The van der Waals surface area contributed by atoms with Crippen molar-refractivity contribution in [3.8, 4) is 0 Å². The fourth-order valence-corrected chi connectivity index (χ4v) is 3.56. The number of anilines is 1. The van der Waals surface area contributed by atoms with Gasteiger partial charge in [0.2, 0.25) is 5.01 Å². The second-order valence-electron chi connectivity index (χ2n) is 6.87. The standard InChI is InChI=1S/C22H24N4O3S/c1-15(11-12-16-7-4-3-5-8-16)23-20(27)17-9-6-10-18(13-17)24-21(28)22-26-25-19(30-22)14-29-2/h3-10,13,15H,11-12,14H2,1-2H3,(H,23,27)(H,24,28). The van der Waals surface area contributed by atoms with E-state index in [1.54, 1.807) is 31.4 Å². The van der Waals surface area contributed by atoms with Gasteiger partial charge in [-0.2, -0.15) is 0 Å². The van der Waals surface area contributed by atoms with Crippen LogP contribution in [0.15, 0.2) is 54.6 Å². The number of hydrogen-bond acceptors (Lipinski definition) is 6.